The highest BCUT2D eigenvalue weighted by Gasteiger charge is 2.23. The average molecular weight is 437 g/mol. The molecule has 0 fully saturated rings. The fourth-order valence-electron chi connectivity index (χ4n) is 3.21. The number of hydrogen-bond acceptors (Lipinski definition) is 6. The molecule has 9 heteroatoms. The molecule has 2 aromatic heterocycles. The van der Waals surface area contributed by atoms with E-state index in [0.717, 1.165) is 21.5 Å². The van der Waals surface area contributed by atoms with Gasteiger partial charge in [0.25, 0.3) is 5.56 Å². The van der Waals surface area contributed by atoms with E-state index in [-0.39, 0.29) is 19.8 Å². The van der Waals surface area contributed by atoms with Crippen molar-refractivity contribution in [3.8, 4) is 0 Å². The van der Waals surface area contributed by atoms with Crippen LogP contribution in [0, 0.1) is 6.92 Å². The van der Waals surface area contributed by atoms with Crippen LogP contribution in [-0.4, -0.2) is 33.4 Å². The van der Waals surface area contributed by atoms with Gasteiger partial charge in [-0.05, 0) is 43.5 Å². The molecule has 0 saturated carbocycles. The predicted molar refractivity (Wildman–Crippen MR) is 113 cm³/mol. The van der Waals surface area contributed by atoms with Gasteiger partial charge in [0.15, 0.2) is 0 Å². The van der Waals surface area contributed by atoms with Crippen molar-refractivity contribution in [2.75, 3.05) is 13.2 Å². The zero-order chi connectivity index (χ0) is 21.1. The van der Waals surface area contributed by atoms with Crippen molar-refractivity contribution >= 4 is 39.1 Å². The summed E-state index contributed by atoms with van der Waals surface area (Å²) >= 11 is 7.12. The van der Waals surface area contributed by atoms with Gasteiger partial charge in [0.1, 0.15) is 9.71 Å². The van der Waals surface area contributed by atoms with Gasteiger partial charge in [-0.2, -0.15) is 0 Å². The number of nitrogens with zero attached hydrogens (tertiary/aromatic N) is 2. The number of aryl methyl sites for hydroxylation is 3. The number of hydrogen-bond donors (Lipinski definition) is 1. The number of thiophene rings is 1. The third kappa shape index (κ3) is 4.14. The molecule has 0 spiro atoms. The van der Waals surface area contributed by atoms with E-state index < -0.39 is 17.2 Å². The van der Waals surface area contributed by atoms with E-state index in [4.69, 9.17) is 16.3 Å². The second-order valence-electron chi connectivity index (χ2n) is 6.45. The molecule has 7 nitrogen and oxygen atoms in total. The van der Waals surface area contributed by atoms with E-state index >= 15 is 0 Å². The van der Waals surface area contributed by atoms with Crippen molar-refractivity contribution in [2.24, 2.45) is 0 Å². The quantitative estimate of drug-likeness (QED) is 0.575. The van der Waals surface area contributed by atoms with Gasteiger partial charge in [0, 0.05) is 11.6 Å². The Balaban J connectivity index is 2.18. The third-order valence-corrected chi connectivity index (χ3v) is 6.12. The zero-order valence-corrected chi connectivity index (χ0v) is 17.7. The van der Waals surface area contributed by atoms with Crippen molar-refractivity contribution in [2.45, 2.75) is 33.4 Å². The first-order valence-electron chi connectivity index (χ1n) is 9.18. The van der Waals surface area contributed by atoms with E-state index in [1.807, 2.05) is 18.2 Å². The van der Waals surface area contributed by atoms with Gasteiger partial charge in [-0.25, -0.2) is 9.59 Å². The fraction of sp³-hybridized carbons (Fsp3) is 0.350. The number of halogens is 1. The molecule has 0 saturated heterocycles. The van der Waals surface area contributed by atoms with Crippen LogP contribution in [0.5, 0.6) is 0 Å². The Morgan fingerprint density at radius 2 is 2.00 bits per heavy atom. The molecule has 1 N–H and O–H groups in total. The van der Waals surface area contributed by atoms with Crippen LogP contribution >= 0.6 is 22.9 Å². The van der Waals surface area contributed by atoms with Crippen molar-refractivity contribution in [1.82, 2.24) is 9.13 Å². The molecular weight excluding hydrogens is 416 g/mol. The summed E-state index contributed by atoms with van der Waals surface area (Å²) in [4.78, 5) is 38.9. The highest BCUT2D eigenvalue weighted by atomic mass is 35.5. The van der Waals surface area contributed by atoms with Crippen LogP contribution in [-0.2, 0) is 24.2 Å². The number of ether oxygens (including phenoxy) is 1. The SMILES string of the molecule is CCOC(=O)c1sc2c(c1C)c(=O)n(CCO)c(=O)n2CCc1cccc(Cl)c1. The number of carbonyl (C=O) groups excluding carboxylic acids is 1. The minimum Gasteiger partial charge on any atom is -0.462 e. The van der Waals surface area contributed by atoms with Crippen molar-refractivity contribution in [3.63, 3.8) is 0 Å². The van der Waals surface area contributed by atoms with Gasteiger partial charge in [-0.1, -0.05) is 23.7 Å². The monoisotopic (exact) mass is 436 g/mol. The fourth-order valence-corrected chi connectivity index (χ4v) is 4.64. The minimum absolute atomic E-state index is 0.116. The number of aromatic nitrogens is 2. The molecular formula is C20H21ClN2O5S. The molecule has 1 aromatic carbocycles. The van der Waals surface area contributed by atoms with E-state index in [1.165, 1.54) is 4.57 Å². The third-order valence-electron chi connectivity index (χ3n) is 4.59. The van der Waals surface area contributed by atoms with Gasteiger partial charge in [-0.3, -0.25) is 13.9 Å². The van der Waals surface area contributed by atoms with Crippen LogP contribution < -0.4 is 11.2 Å². The van der Waals surface area contributed by atoms with Crippen molar-refractivity contribution < 1.29 is 14.6 Å². The summed E-state index contributed by atoms with van der Waals surface area (Å²) in [7, 11) is 0. The lowest BCUT2D eigenvalue weighted by atomic mass is 10.1. The zero-order valence-electron chi connectivity index (χ0n) is 16.1. The summed E-state index contributed by atoms with van der Waals surface area (Å²) in [6.45, 7) is 3.42. The van der Waals surface area contributed by atoms with Gasteiger partial charge in [0.2, 0.25) is 0 Å². The molecule has 0 unspecified atom stereocenters. The second-order valence-corrected chi connectivity index (χ2v) is 7.89. The highest BCUT2D eigenvalue weighted by Crippen LogP contribution is 2.28. The van der Waals surface area contributed by atoms with E-state index in [0.29, 0.717) is 38.6 Å². The lowest BCUT2D eigenvalue weighted by molar-refractivity contribution is 0.0531. The van der Waals surface area contributed by atoms with Crippen LogP contribution in [0.4, 0.5) is 0 Å². The number of esters is 1. The Labute approximate surface area is 175 Å². The number of rotatable bonds is 7. The summed E-state index contributed by atoms with van der Waals surface area (Å²) in [5, 5.41) is 10.2. The topological polar surface area (TPSA) is 90.5 Å². The predicted octanol–water partition coefficient (Wildman–Crippen LogP) is 2.60. The number of aliphatic hydroxyl groups is 1. The molecule has 3 rings (SSSR count). The first kappa shape index (κ1) is 21.3. The van der Waals surface area contributed by atoms with Crippen LogP contribution in [0.25, 0.3) is 10.2 Å². The van der Waals surface area contributed by atoms with E-state index in [1.54, 1.807) is 19.9 Å². The number of fused-ring (bicyclic) bond motifs is 1. The molecule has 3 aromatic rings. The van der Waals surface area contributed by atoms with Crippen LogP contribution in [0.15, 0.2) is 33.9 Å². The Morgan fingerprint density at radius 3 is 2.66 bits per heavy atom. The van der Waals surface area contributed by atoms with Crippen LogP contribution in [0.1, 0.15) is 27.7 Å². The molecule has 0 atom stereocenters. The van der Waals surface area contributed by atoms with Gasteiger partial charge >= 0.3 is 11.7 Å². The standard InChI is InChI=1S/C20H21ClN2O5S/c1-3-28-19(26)16-12(2)15-17(25)22(9-10-24)20(27)23(18(15)29-16)8-7-13-5-4-6-14(21)11-13/h4-6,11,24H,3,7-10H2,1-2H3. The van der Waals surface area contributed by atoms with Crippen molar-refractivity contribution in [1.29, 1.82) is 0 Å². The van der Waals surface area contributed by atoms with Crippen molar-refractivity contribution in [3.05, 3.63) is 66.1 Å². The number of aliphatic hydroxyl groups excluding tert-OH is 1. The number of benzene rings is 1. The highest BCUT2D eigenvalue weighted by molar-refractivity contribution is 7.20. The molecule has 154 valence electrons. The average Bonchev–Trinajstić information content (AvgIpc) is 3.03. The maximum atomic E-state index is 13.0. The molecule has 29 heavy (non-hydrogen) atoms. The summed E-state index contributed by atoms with van der Waals surface area (Å²) in [6.07, 6.45) is 0.512. The van der Waals surface area contributed by atoms with Gasteiger partial charge in [0.05, 0.1) is 25.1 Å². The Kier molecular flexibility index (Phi) is 6.56. The maximum Gasteiger partial charge on any atom is 0.348 e. The minimum atomic E-state index is -0.520. The molecule has 0 amide bonds. The van der Waals surface area contributed by atoms with E-state index in [9.17, 15) is 19.5 Å². The van der Waals surface area contributed by atoms with Gasteiger partial charge < -0.3 is 9.84 Å². The molecule has 0 bridgehead atoms. The summed E-state index contributed by atoms with van der Waals surface area (Å²) in [5.41, 5.74) is 0.394. The van der Waals surface area contributed by atoms with Gasteiger partial charge in [-0.15, -0.1) is 11.3 Å². The summed E-state index contributed by atoms with van der Waals surface area (Å²) in [5.74, 6) is -0.520. The first-order chi connectivity index (χ1) is 13.9. The normalized spacial score (nSPS) is 11.2. The lowest BCUT2D eigenvalue weighted by Crippen LogP contribution is -2.40. The molecule has 0 aliphatic rings. The lowest BCUT2D eigenvalue weighted by Gasteiger charge is -2.11. The molecule has 0 aliphatic heterocycles. The summed E-state index contributed by atoms with van der Waals surface area (Å²) < 4.78 is 7.58. The Bertz CT molecular complexity index is 1180. The molecule has 0 aliphatic carbocycles. The second kappa shape index (κ2) is 8.94. The first-order valence-corrected chi connectivity index (χ1v) is 10.4. The van der Waals surface area contributed by atoms with Crippen LogP contribution in [0.2, 0.25) is 5.02 Å². The Hall–Kier alpha value is -2.42. The molecule has 2 heterocycles. The largest absolute Gasteiger partial charge is 0.462 e. The number of carbonyl (C=O) groups is 1. The summed E-state index contributed by atoms with van der Waals surface area (Å²) in [6, 6.07) is 7.32. The smallest absolute Gasteiger partial charge is 0.348 e. The Morgan fingerprint density at radius 1 is 1.24 bits per heavy atom. The molecule has 0 radical (unpaired) electrons. The van der Waals surface area contributed by atoms with E-state index in [2.05, 4.69) is 0 Å². The van der Waals surface area contributed by atoms with Crippen LogP contribution in [0.3, 0.4) is 0 Å². The maximum absolute atomic E-state index is 13.0.